The predicted octanol–water partition coefficient (Wildman–Crippen LogP) is 2.08. The fourth-order valence-electron chi connectivity index (χ4n) is 1.72. The minimum absolute atomic E-state index is 0.195. The Balaban J connectivity index is 1.94. The highest BCUT2D eigenvalue weighted by atomic mass is 19.2. The monoisotopic (exact) mass is 292 g/mol. The van der Waals surface area contributed by atoms with Crippen molar-refractivity contribution in [1.29, 1.82) is 0 Å². The maximum atomic E-state index is 13.0. The van der Waals surface area contributed by atoms with Gasteiger partial charge >= 0.3 is 0 Å². The zero-order valence-corrected chi connectivity index (χ0v) is 11.1. The molecule has 0 aliphatic heterocycles. The summed E-state index contributed by atoms with van der Waals surface area (Å²) < 4.78 is 31.1. The molecule has 0 spiro atoms. The van der Waals surface area contributed by atoms with Crippen LogP contribution in [0.3, 0.4) is 0 Å². The number of hydrogen-bond donors (Lipinski definition) is 2. The maximum Gasteiger partial charge on any atom is 0.238 e. The number of hydrazine groups is 1. The van der Waals surface area contributed by atoms with Gasteiger partial charge in [-0.25, -0.2) is 14.6 Å². The number of hydrogen-bond acceptors (Lipinski definition) is 3. The molecule has 0 heterocycles. The third kappa shape index (κ3) is 4.25. The fourth-order valence-corrected chi connectivity index (χ4v) is 1.72. The summed E-state index contributed by atoms with van der Waals surface area (Å²) in [5, 5.41) is 0. The zero-order chi connectivity index (χ0) is 15.2. The van der Waals surface area contributed by atoms with Gasteiger partial charge in [0, 0.05) is 6.07 Å². The van der Waals surface area contributed by atoms with E-state index < -0.39 is 11.6 Å². The van der Waals surface area contributed by atoms with Crippen molar-refractivity contribution in [2.24, 2.45) is 5.84 Å². The highest BCUT2D eigenvalue weighted by Crippen LogP contribution is 2.17. The largest absolute Gasteiger partial charge is 0.489 e. The van der Waals surface area contributed by atoms with E-state index in [0.29, 0.717) is 0 Å². The van der Waals surface area contributed by atoms with Crippen LogP contribution in [0.1, 0.15) is 11.1 Å². The van der Waals surface area contributed by atoms with Gasteiger partial charge in [0.05, 0.1) is 6.42 Å². The lowest BCUT2D eigenvalue weighted by molar-refractivity contribution is -0.120. The lowest BCUT2D eigenvalue weighted by Gasteiger charge is -2.07. The van der Waals surface area contributed by atoms with Crippen molar-refractivity contribution in [3.8, 4) is 5.75 Å². The first-order chi connectivity index (χ1) is 10.1. The first kappa shape index (κ1) is 14.9. The minimum atomic E-state index is -0.948. The fraction of sp³-hybridized carbons (Fsp3) is 0.133. The van der Waals surface area contributed by atoms with Crippen molar-refractivity contribution in [2.75, 3.05) is 0 Å². The highest BCUT2D eigenvalue weighted by molar-refractivity contribution is 5.77. The van der Waals surface area contributed by atoms with Crippen LogP contribution in [-0.4, -0.2) is 5.91 Å². The molecule has 0 aromatic heterocycles. The summed E-state index contributed by atoms with van der Waals surface area (Å²) in [5.74, 6) is 3.12. The number of benzene rings is 2. The number of nitrogens with one attached hydrogen (secondary N) is 1. The normalized spacial score (nSPS) is 10.2. The molecule has 0 aliphatic rings. The van der Waals surface area contributed by atoms with Gasteiger partial charge in [-0.1, -0.05) is 24.3 Å². The van der Waals surface area contributed by atoms with E-state index in [1.54, 1.807) is 24.3 Å². The number of carbonyl (C=O) groups excluding carboxylic acids is 1. The number of halogens is 2. The highest BCUT2D eigenvalue weighted by Gasteiger charge is 2.04. The van der Waals surface area contributed by atoms with Crippen LogP contribution in [0.15, 0.2) is 42.5 Å². The van der Waals surface area contributed by atoms with Gasteiger partial charge in [-0.15, -0.1) is 0 Å². The third-order valence-electron chi connectivity index (χ3n) is 2.85. The van der Waals surface area contributed by atoms with E-state index in [2.05, 4.69) is 5.43 Å². The summed E-state index contributed by atoms with van der Waals surface area (Å²) >= 11 is 0. The molecule has 3 N–H and O–H groups in total. The molecule has 2 aromatic rings. The Kier molecular flexibility index (Phi) is 4.84. The van der Waals surface area contributed by atoms with Gasteiger partial charge in [-0.2, -0.15) is 0 Å². The number of amides is 1. The quantitative estimate of drug-likeness (QED) is 0.504. The van der Waals surface area contributed by atoms with Crippen LogP contribution < -0.4 is 16.0 Å². The van der Waals surface area contributed by atoms with E-state index in [9.17, 15) is 13.6 Å². The van der Waals surface area contributed by atoms with Crippen molar-refractivity contribution in [3.63, 3.8) is 0 Å². The van der Waals surface area contributed by atoms with Crippen molar-refractivity contribution in [3.05, 3.63) is 65.2 Å². The second kappa shape index (κ2) is 6.81. The van der Waals surface area contributed by atoms with E-state index in [-0.39, 0.29) is 24.7 Å². The molecular weight excluding hydrogens is 278 g/mol. The summed E-state index contributed by atoms with van der Waals surface area (Å²) in [5.41, 5.74) is 3.71. The van der Waals surface area contributed by atoms with E-state index in [1.165, 1.54) is 6.07 Å². The summed E-state index contributed by atoms with van der Waals surface area (Å²) in [4.78, 5) is 11.1. The van der Waals surface area contributed by atoms with Crippen LogP contribution in [0.25, 0.3) is 0 Å². The molecule has 110 valence electrons. The van der Waals surface area contributed by atoms with Gasteiger partial charge in [-0.05, 0) is 23.3 Å². The maximum absolute atomic E-state index is 13.0. The summed E-state index contributed by atoms with van der Waals surface area (Å²) in [6.45, 7) is 0.217. The second-order valence-corrected chi connectivity index (χ2v) is 4.43. The molecule has 0 aliphatic carbocycles. The van der Waals surface area contributed by atoms with Crippen LogP contribution >= 0.6 is 0 Å². The molecule has 0 saturated carbocycles. The van der Waals surface area contributed by atoms with Gasteiger partial charge in [0.15, 0.2) is 11.6 Å². The predicted molar refractivity (Wildman–Crippen MR) is 73.2 cm³/mol. The molecule has 6 heteroatoms. The smallest absolute Gasteiger partial charge is 0.238 e. The van der Waals surface area contributed by atoms with Crippen LogP contribution in [-0.2, 0) is 17.8 Å². The van der Waals surface area contributed by atoms with Gasteiger partial charge < -0.3 is 4.74 Å². The molecule has 1 amide bonds. The van der Waals surface area contributed by atoms with E-state index in [4.69, 9.17) is 10.6 Å². The van der Waals surface area contributed by atoms with Crippen LogP contribution in [0, 0.1) is 11.6 Å². The first-order valence-electron chi connectivity index (χ1n) is 6.23. The van der Waals surface area contributed by atoms with Crippen LogP contribution in [0.5, 0.6) is 5.75 Å². The number of nitrogens with two attached hydrogens (primary N) is 1. The van der Waals surface area contributed by atoms with E-state index in [1.807, 2.05) is 0 Å². The van der Waals surface area contributed by atoms with Crippen molar-refractivity contribution in [2.45, 2.75) is 13.0 Å². The first-order valence-corrected chi connectivity index (χ1v) is 6.23. The standard InChI is InChI=1S/C15H14F2N2O2/c16-13-6-5-12(8-14(13)17)21-9-11-3-1-10(2-4-11)7-15(20)19-18/h1-6,8H,7,9,18H2,(H,19,20). The number of carbonyl (C=O) groups is 1. The lowest BCUT2D eigenvalue weighted by Crippen LogP contribution is -2.31. The van der Waals surface area contributed by atoms with E-state index >= 15 is 0 Å². The number of ether oxygens (including phenoxy) is 1. The van der Waals surface area contributed by atoms with Crippen LogP contribution in [0.4, 0.5) is 8.78 Å². The van der Waals surface area contributed by atoms with E-state index in [0.717, 1.165) is 23.3 Å². The number of rotatable bonds is 5. The molecule has 0 bridgehead atoms. The molecule has 2 aromatic carbocycles. The zero-order valence-electron chi connectivity index (χ0n) is 11.1. The van der Waals surface area contributed by atoms with Crippen LogP contribution in [0.2, 0.25) is 0 Å². The molecule has 0 unspecified atom stereocenters. The molecule has 0 atom stereocenters. The van der Waals surface area contributed by atoms with Crippen molar-refractivity contribution >= 4 is 5.91 Å². The molecule has 0 fully saturated rings. The summed E-state index contributed by atoms with van der Waals surface area (Å²) in [7, 11) is 0. The molecule has 21 heavy (non-hydrogen) atoms. The second-order valence-electron chi connectivity index (χ2n) is 4.43. The Morgan fingerprint density at radius 3 is 2.33 bits per heavy atom. The topological polar surface area (TPSA) is 64.3 Å². The van der Waals surface area contributed by atoms with Crippen molar-refractivity contribution in [1.82, 2.24) is 5.43 Å². The Morgan fingerprint density at radius 1 is 1.05 bits per heavy atom. The van der Waals surface area contributed by atoms with Crippen molar-refractivity contribution < 1.29 is 18.3 Å². The average molecular weight is 292 g/mol. The molecular formula is C15H14F2N2O2. The Labute approximate surface area is 120 Å². The summed E-state index contributed by atoms with van der Waals surface area (Å²) in [6, 6.07) is 10.5. The van der Waals surface area contributed by atoms with Gasteiger partial charge in [0.1, 0.15) is 12.4 Å². The molecule has 2 rings (SSSR count). The average Bonchev–Trinajstić information content (AvgIpc) is 2.50. The van der Waals surface area contributed by atoms with Gasteiger partial charge in [-0.3, -0.25) is 10.2 Å². The molecule has 0 saturated heterocycles. The Bertz CT molecular complexity index is 630. The molecule has 4 nitrogen and oxygen atoms in total. The van der Waals surface area contributed by atoms with Gasteiger partial charge in [0.25, 0.3) is 0 Å². The lowest BCUT2D eigenvalue weighted by atomic mass is 10.1. The molecule has 0 radical (unpaired) electrons. The van der Waals surface area contributed by atoms with Gasteiger partial charge in [0.2, 0.25) is 5.91 Å². The SMILES string of the molecule is NNC(=O)Cc1ccc(COc2ccc(F)c(F)c2)cc1. The Hall–Kier alpha value is -2.47. The minimum Gasteiger partial charge on any atom is -0.489 e. The Morgan fingerprint density at radius 2 is 1.71 bits per heavy atom. The summed E-state index contributed by atoms with van der Waals surface area (Å²) in [6.07, 6.45) is 0.195. The third-order valence-corrected chi connectivity index (χ3v) is 2.85.